The summed E-state index contributed by atoms with van der Waals surface area (Å²) in [5, 5.41) is 11.6. The van der Waals surface area contributed by atoms with Crippen molar-refractivity contribution in [2.24, 2.45) is 5.92 Å². The largest absolute Gasteiger partial charge is 0.508 e. The molecule has 4 rings (SSSR count). The first-order valence-corrected chi connectivity index (χ1v) is 11.7. The molecule has 3 nitrogen and oxygen atoms in total. The molecule has 0 heterocycles. The Hall–Kier alpha value is -2.56. The minimum atomic E-state index is -0.274. The zero-order valence-electron chi connectivity index (χ0n) is 18.3. The molecule has 0 bridgehead atoms. The standard InChI is InChI=1S/C27H25Cl2FO3/c1-16(31)15-33-21-13-24(28)22(25(29)14-21)11-17-5-10-26(32)23(12-17)27(18-3-2-4-18)19-6-8-20(30)9-7-19/h5-10,12-14,18,27,32H,2-4,11,15H2,1H3. The minimum absolute atomic E-state index is 0.00685. The van der Waals surface area contributed by atoms with Crippen molar-refractivity contribution in [3.63, 3.8) is 0 Å². The fourth-order valence-corrected chi connectivity index (χ4v) is 4.93. The number of carbonyl (C=O) groups is 1. The fraction of sp³-hybridized carbons (Fsp3) is 0.296. The summed E-state index contributed by atoms with van der Waals surface area (Å²) in [6.45, 7) is 1.40. The molecule has 0 spiro atoms. The lowest BCUT2D eigenvalue weighted by molar-refractivity contribution is -0.118. The van der Waals surface area contributed by atoms with E-state index in [2.05, 4.69) is 0 Å². The lowest BCUT2D eigenvalue weighted by atomic mass is 9.70. The topological polar surface area (TPSA) is 46.5 Å². The van der Waals surface area contributed by atoms with Crippen molar-refractivity contribution in [1.82, 2.24) is 0 Å². The molecular weight excluding hydrogens is 462 g/mol. The third kappa shape index (κ3) is 5.51. The van der Waals surface area contributed by atoms with Crippen molar-refractivity contribution in [2.75, 3.05) is 6.61 Å². The molecule has 0 radical (unpaired) electrons. The molecule has 33 heavy (non-hydrogen) atoms. The molecule has 172 valence electrons. The number of phenolic OH excluding ortho intramolecular Hbond substituents is 1. The van der Waals surface area contributed by atoms with Gasteiger partial charge in [0.2, 0.25) is 0 Å². The highest BCUT2D eigenvalue weighted by molar-refractivity contribution is 6.36. The lowest BCUT2D eigenvalue weighted by Crippen LogP contribution is -2.21. The summed E-state index contributed by atoms with van der Waals surface area (Å²) in [7, 11) is 0. The van der Waals surface area contributed by atoms with Gasteiger partial charge in [0.25, 0.3) is 0 Å². The van der Waals surface area contributed by atoms with Gasteiger partial charge in [-0.25, -0.2) is 4.39 Å². The van der Waals surface area contributed by atoms with Gasteiger partial charge in [0.1, 0.15) is 23.9 Å². The van der Waals surface area contributed by atoms with E-state index in [1.807, 2.05) is 12.1 Å². The van der Waals surface area contributed by atoms with Crippen molar-refractivity contribution in [3.8, 4) is 11.5 Å². The van der Waals surface area contributed by atoms with Crippen molar-refractivity contribution < 1.29 is 19.0 Å². The van der Waals surface area contributed by atoms with Crippen LogP contribution in [-0.4, -0.2) is 17.5 Å². The van der Waals surface area contributed by atoms with Crippen LogP contribution in [-0.2, 0) is 11.2 Å². The van der Waals surface area contributed by atoms with Gasteiger partial charge in [-0.15, -0.1) is 0 Å². The zero-order valence-corrected chi connectivity index (χ0v) is 19.8. The van der Waals surface area contributed by atoms with Crippen molar-refractivity contribution in [1.29, 1.82) is 0 Å². The molecule has 6 heteroatoms. The second-order valence-corrected chi connectivity index (χ2v) is 9.46. The first kappa shape index (κ1) is 23.6. The third-order valence-corrected chi connectivity index (χ3v) is 6.89. The quantitative estimate of drug-likeness (QED) is 0.362. The van der Waals surface area contributed by atoms with Crippen molar-refractivity contribution >= 4 is 29.0 Å². The van der Waals surface area contributed by atoms with Gasteiger partial charge in [0.05, 0.1) is 0 Å². The normalized spacial score (nSPS) is 14.5. The van der Waals surface area contributed by atoms with Gasteiger partial charge in [-0.05, 0) is 72.7 Å². The summed E-state index contributed by atoms with van der Waals surface area (Å²) >= 11 is 13.0. The van der Waals surface area contributed by atoms with E-state index in [1.54, 1.807) is 30.3 Å². The number of ketones is 1. The summed E-state index contributed by atoms with van der Waals surface area (Å²) in [5.74, 6) is 0.699. The van der Waals surface area contributed by atoms with E-state index >= 15 is 0 Å². The maximum atomic E-state index is 13.5. The van der Waals surface area contributed by atoms with Crippen LogP contribution in [0.15, 0.2) is 54.6 Å². The molecule has 1 aliphatic carbocycles. The lowest BCUT2D eigenvalue weighted by Gasteiger charge is -2.35. The maximum absolute atomic E-state index is 13.5. The highest BCUT2D eigenvalue weighted by Crippen LogP contribution is 2.46. The van der Waals surface area contributed by atoms with E-state index in [0.29, 0.717) is 28.1 Å². The van der Waals surface area contributed by atoms with Crippen LogP contribution in [0.4, 0.5) is 4.39 Å². The molecule has 0 aliphatic heterocycles. The fourth-order valence-electron chi connectivity index (χ4n) is 4.33. The van der Waals surface area contributed by atoms with Gasteiger partial charge in [0, 0.05) is 27.9 Å². The molecule has 1 N–H and O–H groups in total. The van der Waals surface area contributed by atoms with Gasteiger partial charge >= 0.3 is 0 Å². The Kier molecular flexibility index (Phi) is 7.26. The van der Waals surface area contributed by atoms with E-state index in [-0.39, 0.29) is 29.9 Å². The van der Waals surface area contributed by atoms with Crippen LogP contribution in [0.25, 0.3) is 0 Å². The molecule has 0 saturated heterocycles. The van der Waals surface area contributed by atoms with E-state index in [1.165, 1.54) is 19.1 Å². The zero-order chi connectivity index (χ0) is 23.5. The molecule has 0 amide bonds. The Morgan fingerprint density at radius 3 is 2.33 bits per heavy atom. The van der Waals surface area contributed by atoms with E-state index in [4.69, 9.17) is 27.9 Å². The van der Waals surface area contributed by atoms with Crippen LogP contribution >= 0.6 is 23.2 Å². The van der Waals surface area contributed by atoms with Gasteiger partial charge in [-0.1, -0.05) is 53.9 Å². The summed E-state index contributed by atoms with van der Waals surface area (Å²) in [4.78, 5) is 11.2. The summed E-state index contributed by atoms with van der Waals surface area (Å²) in [6.07, 6.45) is 3.78. The molecule has 1 fully saturated rings. The molecule has 1 atom stereocenters. The van der Waals surface area contributed by atoms with Gasteiger partial charge in [-0.3, -0.25) is 4.79 Å². The highest BCUT2D eigenvalue weighted by atomic mass is 35.5. The predicted octanol–water partition coefficient (Wildman–Crippen LogP) is 7.33. The summed E-state index contributed by atoms with van der Waals surface area (Å²) in [5.41, 5.74) is 3.52. The molecule has 1 unspecified atom stereocenters. The molecule has 0 aromatic heterocycles. The van der Waals surface area contributed by atoms with Gasteiger partial charge < -0.3 is 9.84 Å². The van der Waals surface area contributed by atoms with Crippen LogP contribution in [0.1, 0.15) is 54.4 Å². The number of halogens is 3. The Balaban J connectivity index is 1.64. The second kappa shape index (κ2) is 10.1. The van der Waals surface area contributed by atoms with Crippen LogP contribution in [0, 0.1) is 11.7 Å². The molecule has 3 aromatic carbocycles. The highest BCUT2D eigenvalue weighted by Gasteiger charge is 2.31. The van der Waals surface area contributed by atoms with Crippen LogP contribution in [0.3, 0.4) is 0 Å². The average Bonchev–Trinajstić information content (AvgIpc) is 2.74. The number of phenols is 1. The monoisotopic (exact) mass is 486 g/mol. The van der Waals surface area contributed by atoms with E-state index in [0.717, 1.165) is 41.5 Å². The minimum Gasteiger partial charge on any atom is -0.508 e. The predicted molar refractivity (Wildman–Crippen MR) is 129 cm³/mol. The smallest absolute Gasteiger partial charge is 0.167 e. The van der Waals surface area contributed by atoms with E-state index < -0.39 is 0 Å². The maximum Gasteiger partial charge on any atom is 0.167 e. The Morgan fingerprint density at radius 2 is 1.76 bits per heavy atom. The molecule has 1 saturated carbocycles. The molecular formula is C27H25Cl2FO3. The van der Waals surface area contributed by atoms with Crippen LogP contribution < -0.4 is 4.74 Å². The van der Waals surface area contributed by atoms with Crippen molar-refractivity contribution in [3.05, 3.63) is 92.7 Å². The first-order chi connectivity index (χ1) is 15.8. The Bertz CT molecular complexity index is 1130. The second-order valence-electron chi connectivity index (χ2n) is 8.65. The SMILES string of the molecule is CC(=O)COc1cc(Cl)c(Cc2ccc(O)c(C(c3ccc(F)cc3)C3CCC3)c2)c(Cl)c1. The molecule has 1 aliphatic rings. The number of Topliss-reactive ketones (excluding diaryl/α,β-unsaturated/α-hetero) is 1. The van der Waals surface area contributed by atoms with Crippen molar-refractivity contribution in [2.45, 2.75) is 38.5 Å². The summed E-state index contributed by atoms with van der Waals surface area (Å²) in [6, 6.07) is 15.4. The third-order valence-electron chi connectivity index (χ3n) is 6.21. The van der Waals surface area contributed by atoms with Gasteiger partial charge in [0.15, 0.2) is 5.78 Å². The average molecular weight is 487 g/mol. The molecule has 3 aromatic rings. The number of aromatic hydroxyl groups is 1. The number of carbonyl (C=O) groups excluding carboxylic acids is 1. The first-order valence-electron chi connectivity index (χ1n) is 11.0. The number of benzene rings is 3. The Morgan fingerprint density at radius 1 is 1.09 bits per heavy atom. The number of ether oxygens (including phenoxy) is 1. The van der Waals surface area contributed by atoms with Crippen LogP contribution in [0.5, 0.6) is 11.5 Å². The van der Waals surface area contributed by atoms with Crippen LogP contribution in [0.2, 0.25) is 10.0 Å². The van der Waals surface area contributed by atoms with E-state index in [9.17, 15) is 14.3 Å². The number of hydrogen-bond acceptors (Lipinski definition) is 3. The number of rotatable bonds is 8. The van der Waals surface area contributed by atoms with Gasteiger partial charge in [-0.2, -0.15) is 0 Å². The number of hydrogen-bond donors (Lipinski definition) is 1. The Labute approximate surface area is 203 Å². The summed E-state index contributed by atoms with van der Waals surface area (Å²) < 4.78 is 19.0.